The molecule has 0 amide bonds. The molecule has 3 rings (SSSR count). The van der Waals surface area contributed by atoms with Gasteiger partial charge < -0.3 is 0 Å². The number of pyridine rings is 1. The van der Waals surface area contributed by atoms with Crippen LogP contribution < -0.4 is 4.57 Å². The lowest BCUT2D eigenvalue weighted by molar-refractivity contribution is -0.660. The van der Waals surface area contributed by atoms with Gasteiger partial charge in [0.1, 0.15) is 7.05 Å². The first-order chi connectivity index (χ1) is 13.2. The Morgan fingerprint density at radius 3 is 2.25 bits per heavy atom. The van der Waals surface area contributed by atoms with Crippen molar-refractivity contribution in [1.29, 1.82) is 0 Å². The van der Waals surface area contributed by atoms with Gasteiger partial charge in [-0.3, -0.25) is 0 Å². The lowest BCUT2D eigenvalue weighted by atomic mass is 9.66. The summed E-state index contributed by atoms with van der Waals surface area (Å²) in [6, 6.07) is 13.8. The second-order valence-electron chi connectivity index (χ2n) is 10.3. The number of hydrogen-bond acceptors (Lipinski definition) is 0. The third-order valence-electron chi connectivity index (χ3n) is 8.06. The lowest BCUT2D eigenvalue weighted by Crippen LogP contribution is -2.34. The highest BCUT2D eigenvalue weighted by Gasteiger charge is 2.35. The quantitative estimate of drug-likeness (QED) is 0.485. The molecule has 28 heavy (non-hydrogen) atoms. The fourth-order valence-electron chi connectivity index (χ4n) is 4.90. The molecule has 1 atom stereocenters. The summed E-state index contributed by atoms with van der Waals surface area (Å²) in [5.41, 5.74) is 6.25. The number of nitrogens with zero attached hydrogens (tertiary/aromatic N) is 1. The van der Waals surface area contributed by atoms with Gasteiger partial charge in [-0.05, 0) is 52.7 Å². The molecule has 0 radical (unpaired) electrons. The van der Waals surface area contributed by atoms with Crippen molar-refractivity contribution in [2.45, 2.75) is 85.0 Å². The maximum atomic E-state index is 2.51. The summed E-state index contributed by atoms with van der Waals surface area (Å²) >= 11 is 0. The average Bonchev–Trinajstić information content (AvgIpc) is 2.68. The van der Waals surface area contributed by atoms with Crippen LogP contribution in [-0.2, 0) is 12.5 Å². The van der Waals surface area contributed by atoms with Crippen LogP contribution in [0, 0.1) is 11.3 Å². The van der Waals surface area contributed by atoms with E-state index >= 15 is 0 Å². The van der Waals surface area contributed by atoms with E-state index in [1.807, 2.05) is 0 Å². The van der Waals surface area contributed by atoms with Crippen molar-refractivity contribution in [1.82, 2.24) is 0 Å². The molecule has 1 heterocycles. The van der Waals surface area contributed by atoms with Gasteiger partial charge in [0, 0.05) is 17.7 Å². The van der Waals surface area contributed by atoms with Crippen LogP contribution in [0.2, 0.25) is 0 Å². The Morgan fingerprint density at radius 2 is 1.61 bits per heavy atom. The lowest BCUT2D eigenvalue weighted by Gasteiger charge is -2.39. The van der Waals surface area contributed by atoms with Crippen LogP contribution in [0.3, 0.4) is 0 Å². The molecular weight excluding hydrogens is 338 g/mol. The van der Waals surface area contributed by atoms with E-state index in [0.717, 1.165) is 0 Å². The molecule has 1 heteroatoms. The topological polar surface area (TPSA) is 3.88 Å². The van der Waals surface area contributed by atoms with Gasteiger partial charge in [0.15, 0.2) is 6.20 Å². The van der Waals surface area contributed by atoms with Crippen molar-refractivity contribution >= 4 is 0 Å². The number of hydrogen-bond donors (Lipinski definition) is 0. The first kappa shape index (κ1) is 21.1. The predicted octanol–water partition coefficient (Wildman–Crippen LogP) is 7.19. The predicted molar refractivity (Wildman–Crippen MR) is 121 cm³/mol. The largest absolute Gasteiger partial charge is 0.212 e. The molecule has 1 fully saturated rings. The number of aromatic nitrogens is 1. The summed E-state index contributed by atoms with van der Waals surface area (Å²) in [6.07, 6.45) is 9.18. The number of rotatable bonds is 5. The van der Waals surface area contributed by atoms with E-state index in [1.54, 1.807) is 0 Å². The van der Waals surface area contributed by atoms with E-state index in [-0.39, 0.29) is 5.41 Å². The molecular formula is C27H40N+. The van der Waals surface area contributed by atoms with Crippen LogP contribution in [-0.4, -0.2) is 0 Å². The monoisotopic (exact) mass is 378 g/mol. The van der Waals surface area contributed by atoms with Crippen molar-refractivity contribution in [2.75, 3.05) is 0 Å². The van der Waals surface area contributed by atoms with Gasteiger partial charge in [-0.15, -0.1) is 0 Å². The second-order valence-corrected chi connectivity index (χ2v) is 10.3. The van der Waals surface area contributed by atoms with Crippen molar-refractivity contribution in [3.63, 3.8) is 0 Å². The fraction of sp³-hybridized carbons (Fsp3) is 0.593. The molecule has 0 spiro atoms. The van der Waals surface area contributed by atoms with E-state index in [4.69, 9.17) is 0 Å². The zero-order chi connectivity index (χ0) is 20.5. The Hall–Kier alpha value is -1.63. The molecule has 1 saturated carbocycles. The van der Waals surface area contributed by atoms with Crippen LogP contribution in [0.5, 0.6) is 0 Å². The first-order valence-corrected chi connectivity index (χ1v) is 11.3. The maximum Gasteiger partial charge on any atom is 0.212 e. The van der Waals surface area contributed by atoms with Crippen LogP contribution in [0.15, 0.2) is 42.6 Å². The van der Waals surface area contributed by atoms with Gasteiger partial charge in [0.25, 0.3) is 0 Å². The fourth-order valence-corrected chi connectivity index (χ4v) is 4.90. The highest BCUT2D eigenvalue weighted by atomic mass is 14.9. The van der Waals surface area contributed by atoms with Gasteiger partial charge in [-0.25, -0.2) is 4.57 Å². The minimum Gasteiger partial charge on any atom is -0.201 e. The smallest absolute Gasteiger partial charge is 0.201 e. The molecule has 1 unspecified atom stereocenters. The van der Waals surface area contributed by atoms with E-state index in [9.17, 15) is 0 Å². The summed E-state index contributed by atoms with van der Waals surface area (Å²) in [5, 5.41) is 0. The molecule has 1 aliphatic carbocycles. The Kier molecular flexibility index (Phi) is 6.03. The first-order valence-electron chi connectivity index (χ1n) is 11.3. The Balaban J connectivity index is 2.07. The second kappa shape index (κ2) is 8.01. The van der Waals surface area contributed by atoms with Crippen LogP contribution in [0.1, 0.15) is 90.7 Å². The Labute approximate surface area is 173 Å². The molecule has 1 nitrogen and oxygen atoms in total. The van der Waals surface area contributed by atoms with E-state index in [0.29, 0.717) is 17.3 Å². The zero-order valence-corrected chi connectivity index (χ0v) is 19.2. The van der Waals surface area contributed by atoms with E-state index in [1.165, 1.54) is 54.5 Å². The number of benzene rings is 1. The molecule has 0 aliphatic heterocycles. The molecule has 2 aromatic rings. The van der Waals surface area contributed by atoms with Crippen molar-refractivity contribution in [3.8, 4) is 11.3 Å². The van der Waals surface area contributed by atoms with E-state index in [2.05, 4.69) is 95.8 Å². The van der Waals surface area contributed by atoms with Crippen molar-refractivity contribution in [2.24, 2.45) is 18.4 Å². The number of aryl methyl sites for hydroxylation is 1. The van der Waals surface area contributed by atoms with Gasteiger partial charge in [-0.1, -0.05) is 79.0 Å². The highest BCUT2D eigenvalue weighted by Crippen LogP contribution is 2.47. The summed E-state index contributed by atoms with van der Waals surface area (Å²) in [7, 11) is 2.19. The Bertz CT molecular complexity index is 809. The van der Waals surface area contributed by atoms with E-state index < -0.39 is 0 Å². The summed E-state index contributed by atoms with van der Waals surface area (Å²) < 4.78 is 2.30. The standard InChI is InChI=1S/C27H40N/c1-20(2)26(4,5)24-14-10-9-13-23(24)25-19-22(15-18-28(25)7)21(3)27(6)16-11-8-12-17-27/h9-10,13-15,18-21H,8,11-12,16-17H2,1-7H3/q+1. The van der Waals surface area contributed by atoms with Crippen LogP contribution in [0.25, 0.3) is 11.3 Å². The van der Waals surface area contributed by atoms with Gasteiger partial charge in [0.2, 0.25) is 5.69 Å². The third kappa shape index (κ3) is 3.91. The molecule has 1 aromatic heterocycles. The van der Waals surface area contributed by atoms with Gasteiger partial charge in [-0.2, -0.15) is 0 Å². The zero-order valence-electron chi connectivity index (χ0n) is 19.2. The molecule has 0 saturated heterocycles. The highest BCUT2D eigenvalue weighted by molar-refractivity contribution is 5.64. The summed E-state index contributed by atoms with van der Waals surface area (Å²) in [5.74, 6) is 1.18. The minimum absolute atomic E-state index is 0.139. The molecule has 0 N–H and O–H groups in total. The molecule has 1 aliphatic rings. The SMILES string of the molecule is CC(c1cc[n+](C)c(-c2ccccc2C(C)(C)C(C)C)c1)C1(C)CCCCC1. The van der Waals surface area contributed by atoms with Crippen LogP contribution >= 0.6 is 0 Å². The Morgan fingerprint density at radius 1 is 0.964 bits per heavy atom. The molecule has 1 aromatic carbocycles. The molecule has 152 valence electrons. The summed E-state index contributed by atoms with van der Waals surface area (Å²) in [4.78, 5) is 0. The summed E-state index contributed by atoms with van der Waals surface area (Å²) in [6.45, 7) is 14.4. The van der Waals surface area contributed by atoms with Crippen molar-refractivity contribution < 1.29 is 4.57 Å². The third-order valence-corrected chi connectivity index (χ3v) is 8.06. The van der Waals surface area contributed by atoms with Crippen molar-refractivity contribution in [3.05, 3.63) is 53.7 Å². The normalized spacial score (nSPS) is 18.3. The van der Waals surface area contributed by atoms with Crippen LogP contribution in [0.4, 0.5) is 0 Å². The average molecular weight is 379 g/mol. The molecule has 0 bridgehead atoms. The van der Waals surface area contributed by atoms with Gasteiger partial charge in [0.05, 0.1) is 0 Å². The van der Waals surface area contributed by atoms with Gasteiger partial charge >= 0.3 is 0 Å². The maximum absolute atomic E-state index is 2.51. The minimum atomic E-state index is 0.139.